The van der Waals surface area contributed by atoms with Gasteiger partial charge in [0, 0.05) is 18.9 Å². The first-order valence-corrected chi connectivity index (χ1v) is 3.54. The van der Waals surface area contributed by atoms with E-state index in [9.17, 15) is 4.79 Å². The molecule has 1 unspecified atom stereocenters. The highest BCUT2D eigenvalue weighted by Gasteiger charge is 2.33. The van der Waals surface area contributed by atoms with Crippen LogP contribution in [0.1, 0.15) is 0 Å². The lowest BCUT2D eigenvalue weighted by Crippen LogP contribution is -2.42. The van der Waals surface area contributed by atoms with Crippen molar-refractivity contribution in [2.24, 2.45) is 4.99 Å². The molecule has 0 spiro atoms. The van der Waals surface area contributed by atoms with Gasteiger partial charge in [-0.3, -0.25) is 0 Å². The van der Waals surface area contributed by atoms with Crippen LogP contribution in [0.2, 0.25) is 0 Å². The molecule has 2 heterocycles. The summed E-state index contributed by atoms with van der Waals surface area (Å²) in [5, 5.41) is 12.7. The molecular formula is C6H8N4O2. The Morgan fingerprint density at radius 1 is 1.83 bits per heavy atom. The molecule has 3 N–H and O–H groups in total. The lowest BCUT2D eigenvalue weighted by Gasteiger charge is -2.16. The zero-order valence-corrected chi connectivity index (χ0v) is 6.19. The molecule has 2 aliphatic rings. The third-order valence-electron chi connectivity index (χ3n) is 1.76. The van der Waals surface area contributed by atoms with Gasteiger partial charge in [0.2, 0.25) is 0 Å². The molecule has 1 atom stereocenters. The highest BCUT2D eigenvalue weighted by atomic mass is 16.4. The van der Waals surface area contributed by atoms with Crippen molar-refractivity contribution in [1.82, 2.24) is 15.8 Å². The second-order valence-corrected chi connectivity index (χ2v) is 2.50. The standard InChI is InChI=1S/C6H8N4O2/c11-6(12)10-5-4(3-9-10)7-1-2-8-5/h1-2,4,7,9H,3H2,(H,11,12). The molecule has 64 valence electrons. The number of carboxylic acid groups (broad SMARTS) is 1. The van der Waals surface area contributed by atoms with Crippen LogP contribution in [0.5, 0.6) is 0 Å². The van der Waals surface area contributed by atoms with E-state index in [1.165, 1.54) is 6.20 Å². The van der Waals surface area contributed by atoms with E-state index >= 15 is 0 Å². The molecule has 0 aliphatic carbocycles. The number of fused-ring (bicyclic) bond motifs is 1. The Labute approximate surface area is 68.5 Å². The molecule has 1 fully saturated rings. The number of nitrogens with one attached hydrogen (secondary N) is 2. The van der Waals surface area contributed by atoms with Crippen molar-refractivity contribution in [2.75, 3.05) is 6.54 Å². The van der Waals surface area contributed by atoms with Crippen molar-refractivity contribution >= 4 is 11.9 Å². The SMILES string of the molecule is O=C(O)N1NCC2NC=CN=C21. The smallest absolute Gasteiger partial charge is 0.427 e. The van der Waals surface area contributed by atoms with Gasteiger partial charge in [-0.2, -0.15) is 5.01 Å². The summed E-state index contributed by atoms with van der Waals surface area (Å²) in [7, 11) is 0. The van der Waals surface area contributed by atoms with Crippen LogP contribution in [0.25, 0.3) is 0 Å². The summed E-state index contributed by atoms with van der Waals surface area (Å²) in [4.78, 5) is 14.5. The maximum atomic E-state index is 10.6. The first-order chi connectivity index (χ1) is 5.79. The fourth-order valence-electron chi connectivity index (χ4n) is 1.23. The molecule has 12 heavy (non-hydrogen) atoms. The number of hydrogen-bond acceptors (Lipinski definition) is 4. The minimum atomic E-state index is -1.03. The Morgan fingerprint density at radius 3 is 3.42 bits per heavy atom. The molecule has 0 aromatic carbocycles. The van der Waals surface area contributed by atoms with E-state index in [0.29, 0.717) is 12.4 Å². The Balaban J connectivity index is 2.25. The molecule has 0 saturated carbocycles. The van der Waals surface area contributed by atoms with Crippen molar-refractivity contribution < 1.29 is 9.90 Å². The number of amides is 1. The molecule has 2 aliphatic heterocycles. The number of rotatable bonds is 0. The van der Waals surface area contributed by atoms with Crippen molar-refractivity contribution in [3.63, 3.8) is 0 Å². The van der Waals surface area contributed by atoms with E-state index in [1.54, 1.807) is 6.20 Å². The molecule has 0 aromatic rings. The maximum absolute atomic E-state index is 10.6. The highest BCUT2D eigenvalue weighted by molar-refractivity contribution is 6.00. The largest absolute Gasteiger partial charge is 0.464 e. The van der Waals surface area contributed by atoms with Gasteiger partial charge in [-0.25, -0.2) is 15.2 Å². The van der Waals surface area contributed by atoms with Gasteiger partial charge < -0.3 is 10.4 Å². The number of aliphatic imine (C=N–C) groups is 1. The van der Waals surface area contributed by atoms with Crippen LogP contribution in [0.15, 0.2) is 17.4 Å². The van der Waals surface area contributed by atoms with E-state index < -0.39 is 6.09 Å². The molecule has 0 bridgehead atoms. The monoisotopic (exact) mass is 168 g/mol. The summed E-state index contributed by atoms with van der Waals surface area (Å²) in [6.07, 6.45) is 2.20. The van der Waals surface area contributed by atoms with E-state index in [-0.39, 0.29) is 6.04 Å². The number of hydrogen-bond donors (Lipinski definition) is 3. The van der Waals surface area contributed by atoms with Gasteiger partial charge in [-0.15, -0.1) is 0 Å². The quantitative estimate of drug-likeness (QED) is 0.448. The first kappa shape index (κ1) is 7.11. The molecular weight excluding hydrogens is 160 g/mol. The van der Waals surface area contributed by atoms with Gasteiger partial charge in [-0.05, 0) is 0 Å². The summed E-state index contributed by atoms with van der Waals surface area (Å²) in [5.41, 5.74) is 2.70. The fraction of sp³-hybridized carbons (Fsp3) is 0.333. The predicted molar refractivity (Wildman–Crippen MR) is 41.4 cm³/mol. The fourth-order valence-corrected chi connectivity index (χ4v) is 1.23. The van der Waals surface area contributed by atoms with Gasteiger partial charge >= 0.3 is 6.09 Å². The normalized spacial score (nSPS) is 26.2. The first-order valence-electron chi connectivity index (χ1n) is 3.54. The van der Waals surface area contributed by atoms with E-state index in [2.05, 4.69) is 15.7 Å². The summed E-state index contributed by atoms with van der Waals surface area (Å²) >= 11 is 0. The van der Waals surface area contributed by atoms with Gasteiger partial charge in [0.05, 0.1) is 0 Å². The van der Waals surface area contributed by atoms with Gasteiger partial charge in [-0.1, -0.05) is 0 Å². The third kappa shape index (κ3) is 0.928. The van der Waals surface area contributed by atoms with Gasteiger partial charge in [0.25, 0.3) is 0 Å². The van der Waals surface area contributed by atoms with Crippen molar-refractivity contribution in [3.8, 4) is 0 Å². The number of carbonyl (C=O) groups is 1. The Morgan fingerprint density at radius 2 is 2.67 bits per heavy atom. The van der Waals surface area contributed by atoms with E-state index in [1.807, 2.05) is 0 Å². The van der Waals surface area contributed by atoms with Crippen LogP contribution in [0.4, 0.5) is 4.79 Å². The average molecular weight is 168 g/mol. The lowest BCUT2D eigenvalue weighted by atomic mass is 10.3. The van der Waals surface area contributed by atoms with E-state index in [0.717, 1.165) is 5.01 Å². The minimum absolute atomic E-state index is 0.0221. The molecule has 0 aromatic heterocycles. The number of amidine groups is 1. The maximum Gasteiger partial charge on any atom is 0.427 e. The van der Waals surface area contributed by atoms with Crippen LogP contribution >= 0.6 is 0 Å². The predicted octanol–water partition coefficient (Wildman–Crippen LogP) is -0.674. The molecule has 2 rings (SSSR count). The van der Waals surface area contributed by atoms with E-state index in [4.69, 9.17) is 5.11 Å². The summed E-state index contributed by atoms with van der Waals surface area (Å²) in [6.45, 7) is 0.551. The van der Waals surface area contributed by atoms with Crippen LogP contribution < -0.4 is 10.7 Å². The lowest BCUT2D eigenvalue weighted by molar-refractivity contribution is 0.159. The summed E-state index contributed by atoms with van der Waals surface area (Å²) in [6, 6.07) is -0.0221. The summed E-state index contributed by atoms with van der Waals surface area (Å²) in [5.74, 6) is 0.505. The number of hydrazine groups is 1. The molecule has 0 radical (unpaired) electrons. The van der Waals surface area contributed by atoms with Gasteiger partial charge in [0.1, 0.15) is 6.04 Å². The Kier molecular flexibility index (Phi) is 1.47. The van der Waals surface area contributed by atoms with Crippen LogP contribution in [0, 0.1) is 0 Å². The molecule has 1 amide bonds. The molecule has 1 saturated heterocycles. The zero-order chi connectivity index (χ0) is 8.55. The second kappa shape index (κ2) is 2.49. The van der Waals surface area contributed by atoms with Crippen molar-refractivity contribution in [1.29, 1.82) is 0 Å². The molecule has 6 nitrogen and oxygen atoms in total. The molecule has 6 heteroatoms. The second-order valence-electron chi connectivity index (χ2n) is 2.50. The third-order valence-corrected chi connectivity index (χ3v) is 1.76. The number of nitrogens with zero attached hydrogens (tertiary/aromatic N) is 2. The Hall–Kier alpha value is -1.56. The average Bonchev–Trinajstić information content (AvgIpc) is 2.47. The topological polar surface area (TPSA) is 77.0 Å². The summed E-state index contributed by atoms with van der Waals surface area (Å²) < 4.78 is 0. The zero-order valence-electron chi connectivity index (χ0n) is 6.19. The highest BCUT2D eigenvalue weighted by Crippen LogP contribution is 2.06. The van der Waals surface area contributed by atoms with Crippen LogP contribution in [-0.4, -0.2) is 34.6 Å². The van der Waals surface area contributed by atoms with Crippen LogP contribution in [-0.2, 0) is 0 Å². The van der Waals surface area contributed by atoms with Crippen molar-refractivity contribution in [3.05, 3.63) is 12.4 Å². The van der Waals surface area contributed by atoms with Gasteiger partial charge in [0.15, 0.2) is 5.84 Å². The minimum Gasteiger partial charge on any atom is -0.464 e. The van der Waals surface area contributed by atoms with Crippen LogP contribution in [0.3, 0.4) is 0 Å². The van der Waals surface area contributed by atoms with Crippen molar-refractivity contribution in [2.45, 2.75) is 6.04 Å². The Bertz CT molecular complexity index is 273.